The van der Waals surface area contributed by atoms with Crippen LogP contribution in [0.25, 0.3) is 0 Å². The van der Waals surface area contributed by atoms with E-state index < -0.39 is 0 Å². The van der Waals surface area contributed by atoms with Gasteiger partial charge in [0.25, 0.3) is 0 Å². The van der Waals surface area contributed by atoms with Gasteiger partial charge in [0.05, 0.1) is 5.94 Å². The smallest absolute Gasteiger partial charge is 0.0926 e. The van der Waals surface area contributed by atoms with Gasteiger partial charge in [0.1, 0.15) is 0 Å². The van der Waals surface area contributed by atoms with Crippen molar-refractivity contribution in [1.82, 2.24) is 0 Å². The quantitative estimate of drug-likeness (QED) is 0.497. The third-order valence-electron chi connectivity index (χ3n) is 1.38. The Morgan fingerprint density at radius 1 is 1.50 bits per heavy atom. The Labute approximate surface area is 54.8 Å². The van der Waals surface area contributed by atoms with E-state index >= 15 is 0 Å². The highest BCUT2D eigenvalue weighted by Gasteiger charge is 2.21. The Kier molecular flexibility index (Phi) is 1.83. The van der Waals surface area contributed by atoms with Crippen molar-refractivity contribution in [2.45, 2.75) is 25.0 Å². The summed E-state index contributed by atoms with van der Waals surface area (Å²) < 4.78 is 5.64. The van der Waals surface area contributed by atoms with Crippen molar-refractivity contribution in [3.05, 3.63) is 0 Å². The lowest BCUT2D eigenvalue weighted by molar-refractivity contribution is 0.159. The number of hydrogen-bond acceptors (Lipinski definition) is 2. The van der Waals surface area contributed by atoms with Crippen LogP contribution in [0.3, 0.4) is 0 Å². The summed E-state index contributed by atoms with van der Waals surface area (Å²) in [5.41, 5.74) is 0. The predicted molar refractivity (Wildman–Crippen MR) is 37.1 cm³/mol. The molecule has 48 valence electrons. The fourth-order valence-electron chi connectivity index (χ4n) is 0.650. The number of rotatable bonds is 0. The molecule has 1 saturated heterocycles. The predicted octanol–water partition coefficient (Wildman–Crippen LogP) is 1.88. The van der Waals surface area contributed by atoms with Crippen LogP contribution in [0.2, 0.25) is 0 Å². The van der Waals surface area contributed by atoms with Crippen LogP contribution in [-0.2, 0) is 4.74 Å². The molecule has 0 aromatic heterocycles. The SMILES string of the molecule is CC1(C)CCOCS1. The van der Waals surface area contributed by atoms with E-state index in [4.69, 9.17) is 4.74 Å². The topological polar surface area (TPSA) is 9.23 Å². The van der Waals surface area contributed by atoms with Crippen LogP contribution in [0, 0.1) is 0 Å². The zero-order valence-electron chi connectivity index (χ0n) is 5.44. The summed E-state index contributed by atoms with van der Waals surface area (Å²) >= 11 is 1.90. The Bertz CT molecular complexity index is 72.6. The maximum atomic E-state index is 5.17. The summed E-state index contributed by atoms with van der Waals surface area (Å²) in [4.78, 5) is 0. The van der Waals surface area contributed by atoms with Crippen molar-refractivity contribution in [2.75, 3.05) is 12.5 Å². The lowest BCUT2D eigenvalue weighted by Crippen LogP contribution is -2.23. The second-order valence-corrected chi connectivity index (χ2v) is 4.31. The summed E-state index contributed by atoms with van der Waals surface area (Å²) in [6, 6.07) is 0. The molecular formula is C6H12OS. The molecule has 0 atom stereocenters. The average Bonchev–Trinajstić information content (AvgIpc) is 1.65. The standard InChI is InChI=1S/C6H12OS/c1-6(2)3-4-7-5-8-6/h3-5H2,1-2H3. The molecule has 0 aromatic carbocycles. The molecule has 0 N–H and O–H groups in total. The van der Waals surface area contributed by atoms with Gasteiger partial charge in [0, 0.05) is 11.4 Å². The van der Waals surface area contributed by atoms with E-state index in [0.717, 1.165) is 12.5 Å². The second-order valence-electron chi connectivity index (χ2n) is 2.68. The Balaban J connectivity index is 2.33. The summed E-state index contributed by atoms with van der Waals surface area (Å²) in [6.07, 6.45) is 1.19. The lowest BCUT2D eigenvalue weighted by Gasteiger charge is -2.28. The van der Waals surface area contributed by atoms with Gasteiger partial charge in [0.2, 0.25) is 0 Å². The summed E-state index contributed by atoms with van der Waals surface area (Å²) in [6.45, 7) is 5.47. The maximum absolute atomic E-state index is 5.17. The minimum absolute atomic E-state index is 0.470. The third-order valence-corrected chi connectivity index (χ3v) is 2.65. The van der Waals surface area contributed by atoms with Crippen molar-refractivity contribution in [1.29, 1.82) is 0 Å². The monoisotopic (exact) mass is 132 g/mol. The molecule has 0 aliphatic carbocycles. The molecule has 0 spiro atoms. The first-order chi connectivity index (χ1) is 3.71. The van der Waals surface area contributed by atoms with Gasteiger partial charge >= 0.3 is 0 Å². The molecule has 1 aliphatic rings. The van der Waals surface area contributed by atoms with Crippen molar-refractivity contribution in [3.63, 3.8) is 0 Å². The molecule has 1 heterocycles. The molecule has 0 aromatic rings. The molecule has 0 unspecified atom stereocenters. The fourth-order valence-corrected chi connectivity index (χ4v) is 1.40. The van der Waals surface area contributed by atoms with Gasteiger partial charge in [-0.05, 0) is 6.42 Å². The van der Waals surface area contributed by atoms with Crippen LogP contribution in [0.4, 0.5) is 0 Å². The molecule has 0 bridgehead atoms. The molecule has 1 rings (SSSR count). The van der Waals surface area contributed by atoms with Crippen LogP contribution in [0.15, 0.2) is 0 Å². The van der Waals surface area contributed by atoms with E-state index in [2.05, 4.69) is 13.8 Å². The molecule has 0 saturated carbocycles. The fraction of sp³-hybridized carbons (Fsp3) is 1.00. The van der Waals surface area contributed by atoms with Crippen LogP contribution >= 0.6 is 11.8 Å². The Morgan fingerprint density at radius 2 is 2.25 bits per heavy atom. The van der Waals surface area contributed by atoms with Gasteiger partial charge in [-0.25, -0.2) is 0 Å². The van der Waals surface area contributed by atoms with Gasteiger partial charge in [-0.1, -0.05) is 13.8 Å². The van der Waals surface area contributed by atoms with Crippen LogP contribution in [-0.4, -0.2) is 17.3 Å². The Morgan fingerprint density at radius 3 is 2.50 bits per heavy atom. The molecule has 1 nitrogen and oxygen atoms in total. The summed E-state index contributed by atoms with van der Waals surface area (Å²) in [7, 11) is 0. The van der Waals surface area contributed by atoms with Crippen LogP contribution in [0.1, 0.15) is 20.3 Å². The van der Waals surface area contributed by atoms with Gasteiger partial charge in [-0.15, -0.1) is 11.8 Å². The van der Waals surface area contributed by atoms with E-state index in [1.54, 1.807) is 0 Å². The second kappa shape index (κ2) is 2.28. The van der Waals surface area contributed by atoms with Gasteiger partial charge in [-0.2, -0.15) is 0 Å². The first-order valence-corrected chi connectivity index (χ1v) is 3.91. The largest absolute Gasteiger partial charge is 0.371 e. The number of hydrogen-bond donors (Lipinski definition) is 0. The first kappa shape index (κ1) is 6.43. The van der Waals surface area contributed by atoms with Crippen molar-refractivity contribution in [2.24, 2.45) is 0 Å². The molecule has 2 heteroatoms. The molecule has 0 amide bonds. The first-order valence-electron chi connectivity index (χ1n) is 2.92. The van der Waals surface area contributed by atoms with E-state index in [-0.39, 0.29) is 0 Å². The van der Waals surface area contributed by atoms with Crippen molar-refractivity contribution in [3.8, 4) is 0 Å². The summed E-state index contributed by atoms with van der Waals surface area (Å²) in [5, 5.41) is 0. The van der Waals surface area contributed by atoms with Crippen molar-refractivity contribution < 1.29 is 4.74 Å². The highest BCUT2D eigenvalue weighted by atomic mass is 32.2. The number of ether oxygens (including phenoxy) is 1. The van der Waals surface area contributed by atoms with E-state index in [1.807, 2.05) is 11.8 Å². The highest BCUT2D eigenvalue weighted by molar-refractivity contribution is 8.00. The van der Waals surface area contributed by atoms with E-state index in [0.29, 0.717) is 4.75 Å². The van der Waals surface area contributed by atoms with Gasteiger partial charge < -0.3 is 4.74 Å². The molecule has 1 aliphatic heterocycles. The summed E-state index contributed by atoms with van der Waals surface area (Å²) in [5.74, 6) is 0.882. The zero-order chi connectivity index (χ0) is 6.04. The van der Waals surface area contributed by atoms with Crippen molar-refractivity contribution >= 4 is 11.8 Å². The minimum Gasteiger partial charge on any atom is -0.371 e. The van der Waals surface area contributed by atoms with Crippen LogP contribution < -0.4 is 0 Å². The Hall–Kier alpha value is 0.310. The third kappa shape index (κ3) is 1.67. The highest BCUT2D eigenvalue weighted by Crippen LogP contribution is 2.31. The molecular weight excluding hydrogens is 120 g/mol. The number of thioether (sulfide) groups is 1. The van der Waals surface area contributed by atoms with E-state index in [9.17, 15) is 0 Å². The van der Waals surface area contributed by atoms with Gasteiger partial charge in [-0.3, -0.25) is 0 Å². The minimum atomic E-state index is 0.470. The average molecular weight is 132 g/mol. The maximum Gasteiger partial charge on any atom is 0.0926 e. The molecule has 8 heavy (non-hydrogen) atoms. The normalized spacial score (nSPS) is 27.8. The molecule has 0 radical (unpaired) electrons. The zero-order valence-corrected chi connectivity index (χ0v) is 6.25. The van der Waals surface area contributed by atoms with Gasteiger partial charge in [0.15, 0.2) is 0 Å². The molecule has 1 fully saturated rings. The van der Waals surface area contributed by atoms with Crippen LogP contribution in [0.5, 0.6) is 0 Å². The lowest BCUT2D eigenvalue weighted by atomic mass is 10.1. The van der Waals surface area contributed by atoms with E-state index in [1.165, 1.54) is 6.42 Å².